The van der Waals surface area contributed by atoms with Crippen molar-refractivity contribution in [3.05, 3.63) is 29.0 Å². The summed E-state index contributed by atoms with van der Waals surface area (Å²) in [4.78, 5) is 3.69. The van der Waals surface area contributed by atoms with Gasteiger partial charge in [-0.05, 0) is 24.6 Å². The molecule has 0 saturated carbocycles. The van der Waals surface area contributed by atoms with Gasteiger partial charge in [0.15, 0.2) is 0 Å². The number of rotatable bonds is 2. The van der Waals surface area contributed by atoms with Crippen molar-refractivity contribution in [3.63, 3.8) is 0 Å². The molecular formula is C7H8ClNO3S. The molecule has 1 heterocycles. The minimum absolute atomic E-state index is 0.202. The molecule has 1 unspecified atom stereocenters. The van der Waals surface area contributed by atoms with Crippen LogP contribution in [-0.4, -0.2) is 18.0 Å². The van der Waals surface area contributed by atoms with Gasteiger partial charge in [0.05, 0.1) is 0 Å². The van der Waals surface area contributed by atoms with Crippen LogP contribution in [0.3, 0.4) is 0 Å². The summed E-state index contributed by atoms with van der Waals surface area (Å²) >= 11 is 5.55. The minimum atomic E-state index is -4.06. The molecule has 0 spiro atoms. The van der Waals surface area contributed by atoms with Crippen LogP contribution in [-0.2, 0) is 10.1 Å². The van der Waals surface area contributed by atoms with Crippen LogP contribution in [0.5, 0.6) is 0 Å². The van der Waals surface area contributed by atoms with Gasteiger partial charge in [0, 0.05) is 6.20 Å². The lowest BCUT2D eigenvalue weighted by Gasteiger charge is -2.07. The number of hydrogen-bond donors (Lipinski definition) is 1. The van der Waals surface area contributed by atoms with Gasteiger partial charge in [-0.1, -0.05) is 11.6 Å². The van der Waals surface area contributed by atoms with Crippen molar-refractivity contribution in [2.75, 3.05) is 0 Å². The van der Waals surface area contributed by atoms with Crippen molar-refractivity contribution >= 4 is 21.7 Å². The third-order valence-corrected chi connectivity index (χ3v) is 3.04. The van der Waals surface area contributed by atoms with Gasteiger partial charge >= 0.3 is 0 Å². The van der Waals surface area contributed by atoms with E-state index in [1.54, 1.807) is 0 Å². The van der Waals surface area contributed by atoms with Crippen LogP contribution in [0.15, 0.2) is 18.3 Å². The Balaban J connectivity index is 3.10. The van der Waals surface area contributed by atoms with E-state index >= 15 is 0 Å². The summed E-state index contributed by atoms with van der Waals surface area (Å²) in [6, 6.07) is 2.89. The van der Waals surface area contributed by atoms with E-state index < -0.39 is 15.4 Å². The van der Waals surface area contributed by atoms with E-state index in [4.69, 9.17) is 16.2 Å². The van der Waals surface area contributed by atoms with Crippen molar-refractivity contribution in [1.29, 1.82) is 0 Å². The number of nitrogens with zero attached hydrogens (tertiary/aromatic N) is 1. The molecule has 1 aromatic rings. The SMILES string of the molecule is CC(c1ccnc(Cl)c1)S(=O)(=O)O. The zero-order valence-corrected chi connectivity index (χ0v) is 8.38. The molecule has 4 nitrogen and oxygen atoms in total. The molecule has 0 amide bonds. The number of halogens is 1. The topological polar surface area (TPSA) is 67.3 Å². The fraction of sp³-hybridized carbons (Fsp3) is 0.286. The quantitative estimate of drug-likeness (QED) is 0.610. The van der Waals surface area contributed by atoms with Gasteiger partial charge in [0.1, 0.15) is 10.4 Å². The first-order valence-electron chi connectivity index (χ1n) is 3.49. The van der Waals surface area contributed by atoms with Gasteiger partial charge in [0.25, 0.3) is 10.1 Å². The third kappa shape index (κ3) is 2.65. The van der Waals surface area contributed by atoms with Gasteiger partial charge in [-0.25, -0.2) is 4.98 Å². The second-order valence-electron chi connectivity index (χ2n) is 2.57. The van der Waals surface area contributed by atoms with E-state index in [0.29, 0.717) is 5.56 Å². The second kappa shape index (κ2) is 3.61. The van der Waals surface area contributed by atoms with Crippen LogP contribution in [0.1, 0.15) is 17.7 Å². The molecule has 1 N–H and O–H groups in total. The number of aromatic nitrogens is 1. The molecule has 0 aliphatic rings. The lowest BCUT2D eigenvalue weighted by molar-refractivity contribution is 0.472. The summed E-state index contributed by atoms with van der Waals surface area (Å²) in [5, 5.41) is -0.777. The Labute approximate surface area is 81.3 Å². The predicted molar refractivity (Wildman–Crippen MR) is 49.2 cm³/mol. The number of pyridine rings is 1. The summed E-state index contributed by atoms with van der Waals surface area (Å²) < 4.78 is 30.2. The Bertz CT molecular complexity index is 404. The van der Waals surface area contributed by atoms with Gasteiger partial charge in [0.2, 0.25) is 0 Å². The average Bonchev–Trinajstić information content (AvgIpc) is 2.01. The molecule has 0 fully saturated rings. The first-order chi connectivity index (χ1) is 5.91. The van der Waals surface area contributed by atoms with E-state index in [9.17, 15) is 8.42 Å². The fourth-order valence-corrected chi connectivity index (χ4v) is 1.52. The largest absolute Gasteiger partial charge is 0.285 e. The Morgan fingerprint density at radius 2 is 2.23 bits per heavy atom. The maximum Gasteiger partial charge on any atom is 0.271 e. The molecule has 6 heteroatoms. The number of hydrogen-bond acceptors (Lipinski definition) is 3. The lowest BCUT2D eigenvalue weighted by Crippen LogP contribution is -2.08. The fourth-order valence-electron chi connectivity index (χ4n) is 0.842. The maximum absolute atomic E-state index is 10.7. The summed E-state index contributed by atoms with van der Waals surface area (Å²) in [6.07, 6.45) is 1.39. The Morgan fingerprint density at radius 3 is 2.69 bits per heavy atom. The molecule has 0 radical (unpaired) electrons. The summed E-state index contributed by atoms with van der Waals surface area (Å²) in [5.74, 6) is 0. The zero-order valence-electron chi connectivity index (χ0n) is 6.81. The Hall–Kier alpha value is -0.650. The van der Waals surface area contributed by atoms with Crippen molar-refractivity contribution in [2.24, 2.45) is 0 Å². The third-order valence-electron chi connectivity index (χ3n) is 1.67. The second-order valence-corrected chi connectivity index (χ2v) is 4.69. The maximum atomic E-state index is 10.7. The minimum Gasteiger partial charge on any atom is -0.285 e. The molecule has 0 saturated heterocycles. The lowest BCUT2D eigenvalue weighted by atomic mass is 10.2. The predicted octanol–water partition coefficient (Wildman–Crippen LogP) is 1.68. The van der Waals surface area contributed by atoms with Crippen molar-refractivity contribution in [1.82, 2.24) is 4.98 Å². The Morgan fingerprint density at radius 1 is 1.62 bits per heavy atom. The smallest absolute Gasteiger partial charge is 0.271 e. The molecule has 0 aliphatic heterocycles. The Kier molecular flexibility index (Phi) is 2.90. The molecule has 13 heavy (non-hydrogen) atoms. The first kappa shape index (κ1) is 10.4. The van der Waals surface area contributed by atoms with Crippen LogP contribution in [0.2, 0.25) is 5.15 Å². The van der Waals surface area contributed by atoms with Crippen molar-refractivity contribution in [2.45, 2.75) is 12.2 Å². The van der Waals surface area contributed by atoms with Crippen molar-refractivity contribution < 1.29 is 13.0 Å². The molecule has 72 valence electrons. The average molecular weight is 222 g/mol. The van der Waals surface area contributed by atoms with E-state index in [-0.39, 0.29) is 5.15 Å². The van der Waals surface area contributed by atoms with E-state index in [2.05, 4.69) is 4.98 Å². The highest BCUT2D eigenvalue weighted by molar-refractivity contribution is 7.86. The molecule has 1 aromatic heterocycles. The highest BCUT2D eigenvalue weighted by Crippen LogP contribution is 2.21. The van der Waals surface area contributed by atoms with Gasteiger partial charge < -0.3 is 0 Å². The standard InChI is InChI=1S/C7H8ClNO3S/c1-5(13(10,11)12)6-2-3-9-7(8)4-6/h2-5H,1H3,(H,10,11,12). The summed E-state index contributed by atoms with van der Waals surface area (Å²) in [6.45, 7) is 1.38. The van der Waals surface area contributed by atoms with Gasteiger partial charge in [-0.15, -0.1) is 0 Å². The van der Waals surface area contributed by atoms with Gasteiger partial charge in [-0.2, -0.15) is 8.42 Å². The van der Waals surface area contributed by atoms with Crippen LogP contribution in [0.4, 0.5) is 0 Å². The summed E-state index contributed by atoms with van der Waals surface area (Å²) in [5.41, 5.74) is 0.419. The molecule has 0 bridgehead atoms. The molecule has 1 atom stereocenters. The van der Waals surface area contributed by atoms with Crippen LogP contribution >= 0.6 is 11.6 Å². The highest BCUT2D eigenvalue weighted by Gasteiger charge is 2.19. The highest BCUT2D eigenvalue weighted by atomic mass is 35.5. The first-order valence-corrected chi connectivity index (χ1v) is 5.37. The monoisotopic (exact) mass is 221 g/mol. The van der Waals surface area contributed by atoms with Crippen LogP contribution < -0.4 is 0 Å². The van der Waals surface area contributed by atoms with E-state index in [1.165, 1.54) is 25.3 Å². The van der Waals surface area contributed by atoms with Crippen molar-refractivity contribution in [3.8, 4) is 0 Å². The van der Waals surface area contributed by atoms with Crippen LogP contribution in [0, 0.1) is 0 Å². The zero-order chi connectivity index (χ0) is 10.1. The van der Waals surface area contributed by atoms with E-state index in [0.717, 1.165) is 0 Å². The molecular weight excluding hydrogens is 214 g/mol. The molecule has 0 aromatic carbocycles. The molecule has 1 rings (SSSR count). The summed E-state index contributed by atoms with van der Waals surface area (Å²) in [7, 11) is -4.06. The van der Waals surface area contributed by atoms with E-state index in [1.807, 2.05) is 0 Å². The normalized spacial score (nSPS) is 14.1. The molecule has 0 aliphatic carbocycles. The van der Waals surface area contributed by atoms with Gasteiger partial charge in [-0.3, -0.25) is 4.55 Å². The van der Waals surface area contributed by atoms with Crippen LogP contribution in [0.25, 0.3) is 0 Å².